The number of rotatable bonds is 7. The van der Waals surface area contributed by atoms with E-state index in [4.69, 9.17) is 27.9 Å². The van der Waals surface area contributed by atoms with Crippen LogP contribution in [0.15, 0.2) is 4.99 Å². The van der Waals surface area contributed by atoms with E-state index in [0.29, 0.717) is 30.2 Å². The van der Waals surface area contributed by atoms with Crippen LogP contribution in [-0.4, -0.2) is 74.1 Å². The molecule has 2 saturated carbocycles. The Kier molecular flexibility index (Phi) is 9.65. The van der Waals surface area contributed by atoms with Gasteiger partial charge in [-0.2, -0.15) is 0 Å². The monoisotopic (exact) mass is 515 g/mol. The normalized spacial score (nSPS) is 40.8. The molecule has 2 heterocycles. The predicted octanol–water partition coefficient (Wildman–Crippen LogP) is 2.85. The fourth-order valence-electron chi connectivity index (χ4n) is 6.41. The lowest BCUT2D eigenvalue weighted by atomic mass is 9.72. The molecule has 0 aromatic carbocycles. The van der Waals surface area contributed by atoms with Crippen molar-refractivity contribution >= 4 is 35.1 Å². The highest BCUT2D eigenvalue weighted by atomic mass is 35.5. The fraction of sp³-hybridized carbons (Fsp3) is 0.920. The van der Waals surface area contributed by atoms with Crippen molar-refractivity contribution in [2.45, 2.75) is 87.2 Å². The van der Waals surface area contributed by atoms with Crippen molar-refractivity contribution in [2.24, 2.45) is 28.7 Å². The molecule has 4 rings (SSSR count). The van der Waals surface area contributed by atoms with Gasteiger partial charge < -0.3 is 26.0 Å². The zero-order valence-electron chi connectivity index (χ0n) is 20.7. The molecule has 2 aliphatic heterocycles. The number of nitrogens with zero attached hydrogens (tertiary/aromatic N) is 1. The largest absolute Gasteiger partial charge is 0.381 e. The number of aliphatic imine (C=N–C) groups is 1. The van der Waals surface area contributed by atoms with Gasteiger partial charge in [-0.15, -0.1) is 23.2 Å². The van der Waals surface area contributed by atoms with Crippen LogP contribution in [0.2, 0.25) is 0 Å². The van der Waals surface area contributed by atoms with Gasteiger partial charge in [0, 0.05) is 44.1 Å². The summed E-state index contributed by atoms with van der Waals surface area (Å²) >= 11 is 12.7. The first-order valence-electron chi connectivity index (χ1n) is 13.3. The molecule has 194 valence electrons. The first kappa shape index (κ1) is 26.3. The summed E-state index contributed by atoms with van der Waals surface area (Å²) in [6.07, 6.45) is 8.42. The number of piperidine rings is 1. The van der Waals surface area contributed by atoms with Gasteiger partial charge in [-0.25, -0.2) is 0 Å². The number of guanidine groups is 1. The summed E-state index contributed by atoms with van der Waals surface area (Å²) in [7, 11) is 1.84. The van der Waals surface area contributed by atoms with Gasteiger partial charge in [0.2, 0.25) is 5.91 Å². The Hall–Kier alpha value is -0.760. The van der Waals surface area contributed by atoms with E-state index in [1.807, 2.05) is 7.11 Å². The molecule has 9 atom stereocenters. The second kappa shape index (κ2) is 12.5. The Bertz CT molecular complexity index is 711. The fourth-order valence-corrected chi connectivity index (χ4v) is 7.02. The van der Waals surface area contributed by atoms with Crippen molar-refractivity contribution in [3.63, 3.8) is 0 Å². The second-order valence-corrected chi connectivity index (χ2v) is 12.1. The lowest BCUT2D eigenvalue weighted by molar-refractivity contribution is -0.125. The molecule has 0 aromatic rings. The molecule has 7 nitrogen and oxygen atoms in total. The van der Waals surface area contributed by atoms with Crippen LogP contribution in [0.3, 0.4) is 0 Å². The van der Waals surface area contributed by atoms with Crippen molar-refractivity contribution in [2.75, 3.05) is 33.3 Å². The molecule has 4 aliphatic rings. The zero-order valence-corrected chi connectivity index (χ0v) is 22.2. The van der Waals surface area contributed by atoms with E-state index in [0.717, 1.165) is 70.5 Å². The number of hydrogen-bond donors (Lipinski definition) is 4. The minimum absolute atomic E-state index is 0.00339. The summed E-state index contributed by atoms with van der Waals surface area (Å²) in [6, 6.07) is 0.0938. The van der Waals surface area contributed by atoms with E-state index in [9.17, 15) is 4.79 Å². The molecular formula is C25H43Cl2N5O2. The molecule has 9 unspecified atom stereocenters. The molecule has 0 aromatic heterocycles. The second-order valence-electron chi connectivity index (χ2n) is 11.0. The van der Waals surface area contributed by atoms with Gasteiger partial charge in [0.05, 0.1) is 24.1 Å². The van der Waals surface area contributed by atoms with Crippen molar-refractivity contribution < 1.29 is 9.53 Å². The lowest BCUT2D eigenvalue weighted by Crippen LogP contribution is -2.59. The van der Waals surface area contributed by atoms with E-state index in [-0.39, 0.29) is 34.8 Å². The van der Waals surface area contributed by atoms with Gasteiger partial charge in [-0.05, 0) is 69.1 Å². The number of nitrogens with one attached hydrogen (secondary N) is 4. The summed E-state index contributed by atoms with van der Waals surface area (Å²) in [5, 5.41) is 13.8. The summed E-state index contributed by atoms with van der Waals surface area (Å²) < 4.78 is 5.91. The van der Waals surface area contributed by atoms with Crippen LogP contribution in [-0.2, 0) is 9.53 Å². The van der Waals surface area contributed by atoms with Crippen molar-refractivity contribution in [1.82, 2.24) is 21.3 Å². The molecule has 9 heteroatoms. The Labute approximate surface area is 214 Å². The summed E-state index contributed by atoms with van der Waals surface area (Å²) in [5.41, 5.74) is 0. The molecule has 0 bridgehead atoms. The Morgan fingerprint density at radius 3 is 2.65 bits per heavy atom. The van der Waals surface area contributed by atoms with Crippen LogP contribution < -0.4 is 21.3 Å². The van der Waals surface area contributed by atoms with Crippen LogP contribution in [0, 0.1) is 23.7 Å². The maximum absolute atomic E-state index is 13.3. The van der Waals surface area contributed by atoms with Crippen molar-refractivity contribution in [1.29, 1.82) is 0 Å². The highest BCUT2D eigenvalue weighted by Crippen LogP contribution is 2.37. The Morgan fingerprint density at radius 1 is 1.06 bits per heavy atom. The number of methoxy groups -OCH3 is 1. The van der Waals surface area contributed by atoms with Crippen LogP contribution in [0.5, 0.6) is 0 Å². The topological polar surface area (TPSA) is 86.8 Å². The smallest absolute Gasteiger partial charge is 0.237 e. The van der Waals surface area contributed by atoms with E-state index in [2.05, 4.69) is 33.2 Å². The molecule has 1 saturated heterocycles. The molecule has 0 radical (unpaired) electrons. The number of alkyl halides is 2. The molecular weight excluding hydrogens is 473 g/mol. The SMILES string of the molecule is COC1CCC(C)CC1C1CC(CNC2=NCCN2)CC(C(=O)NCC2CCC(Cl)C(Cl)C2)N1. The van der Waals surface area contributed by atoms with Crippen LogP contribution in [0.4, 0.5) is 0 Å². The number of halogens is 2. The average Bonchev–Trinajstić information content (AvgIpc) is 3.37. The third-order valence-electron chi connectivity index (χ3n) is 8.40. The van der Waals surface area contributed by atoms with Crippen LogP contribution >= 0.6 is 23.2 Å². The third kappa shape index (κ3) is 6.92. The zero-order chi connectivity index (χ0) is 24.1. The summed E-state index contributed by atoms with van der Waals surface area (Å²) in [4.78, 5) is 17.8. The van der Waals surface area contributed by atoms with Gasteiger partial charge in [0.25, 0.3) is 0 Å². The summed E-state index contributed by atoms with van der Waals surface area (Å²) in [6.45, 7) is 5.58. The number of ether oxygens (including phenoxy) is 1. The quantitative estimate of drug-likeness (QED) is 0.391. The number of carbonyl (C=O) groups excluding carboxylic acids is 1. The highest BCUT2D eigenvalue weighted by molar-refractivity contribution is 6.30. The lowest BCUT2D eigenvalue weighted by Gasteiger charge is -2.45. The average molecular weight is 517 g/mol. The predicted molar refractivity (Wildman–Crippen MR) is 139 cm³/mol. The van der Waals surface area contributed by atoms with Crippen LogP contribution in [0.1, 0.15) is 58.3 Å². The number of amides is 1. The van der Waals surface area contributed by atoms with Gasteiger partial charge in [-0.1, -0.05) is 6.92 Å². The highest BCUT2D eigenvalue weighted by Gasteiger charge is 2.41. The molecule has 34 heavy (non-hydrogen) atoms. The third-order valence-corrected chi connectivity index (χ3v) is 9.54. The number of carbonyl (C=O) groups is 1. The first-order valence-corrected chi connectivity index (χ1v) is 14.2. The van der Waals surface area contributed by atoms with E-state index in [1.54, 1.807) is 0 Å². The van der Waals surface area contributed by atoms with E-state index < -0.39 is 0 Å². The standard InChI is InChI=1S/C25H43Cl2N5O2/c1-15-3-6-23(34-2)18(9-15)21-11-17(14-31-25-28-7-8-29-25)12-22(32-21)24(33)30-13-16-4-5-19(26)20(27)10-16/h15-23,32H,3-14H2,1-2H3,(H,30,33)(H2,28,29,31). The van der Waals surface area contributed by atoms with Crippen molar-refractivity contribution in [3.8, 4) is 0 Å². The maximum Gasteiger partial charge on any atom is 0.237 e. The van der Waals surface area contributed by atoms with E-state index >= 15 is 0 Å². The van der Waals surface area contributed by atoms with Gasteiger partial charge in [-0.3, -0.25) is 9.79 Å². The Balaban J connectivity index is 1.38. The summed E-state index contributed by atoms with van der Waals surface area (Å²) in [5.74, 6) is 2.94. The minimum atomic E-state index is -0.185. The van der Waals surface area contributed by atoms with Gasteiger partial charge in [0.1, 0.15) is 0 Å². The molecule has 4 N–H and O–H groups in total. The van der Waals surface area contributed by atoms with E-state index in [1.165, 1.54) is 6.42 Å². The van der Waals surface area contributed by atoms with Gasteiger partial charge >= 0.3 is 0 Å². The molecule has 2 aliphatic carbocycles. The van der Waals surface area contributed by atoms with Gasteiger partial charge in [0.15, 0.2) is 5.96 Å². The maximum atomic E-state index is 13.3. The molecule has 0 spiro atoms. The first-order chi connectivity index (χ1) is 16.4. The van der Waals surface area contributed by atoms with Crippen molar-refractivity contribution in [3.05, 3.63) is 0 Å². The number of hydrogen-bond acceptors (Lipinski definition) is 6. The molecule has 3 fully saturated rings. The Morgan fingerprint density at radius 2 is 1.91 bits per heavy atom. The minimum Gasteiger partial charge on any atom is -0.381 e. The molecule has 1 amide bonds. The van der Waals surface area contributed by atoms with Crippen LogP contribution in [0.25, 0.3) is 0 Å².